The third-order valence-corrected chi connectivity index (χ3v) is 3.74. The Hall–Kier alpha value is -1.46. The third-order valence-electron chi connectivity index (χ3n) is 3.74. The maximum atomic E-state index is 5.61. The summed E-state index contributed by atoms with van der Waals surface area (Å²) in [6.07, 6.45) is 3.74. The van der Waals surface area contributed by atoms with Gasteiger partial charge in [-0.1, -0.05) is 0 Å². The molecule has 1 aromatic carbocycles. The predicted molar refractivity (Wildman–Crippen MR) is 79.0 cm³/mol. The van der Waals surface area contributed by atoms with Crippen molar-refractivity contribution in [3.63, 3.8) is 0 Å². The fraction of sp³-hybridized carbons (Fsp3) is 0.625. The molecule has 0 spiro atoms. The molecular weight excluding hydrogens is 270 g/mol. The Balaban J connectivity index is 1.38. The van der Waals surface area contributed by atoms with Gasteiger partial charge in [-0.05, 0) is 49.4 Å². The topological polar surface area (TPSA) is 49.0 Å². The fourth-order valence-electron chi connectivity index (χ4n) is 2.35. The van der Waals surface area contributed by atoms with Gasteiger partial charge in [0.05, 0.1) is 7.11 Å². The van der Waals surface area contributed by atoms with Gasteiger partial charge in [0.2, 0.25) is 12.5 Å². The minimum atomic E-state index is 0.265. The van der Waals surface area contributed by atoms with E-state index in [2.05, 4.69) is 5.32 Å². The van der Waals surface area contributed by atoms with Gasteiger partial charge in [0.25, 0.3) is 0 Å². The number of nitrogens with one attached hydrogen (secondary N) is 1. The van der Waals surface area contributed by atoms with Crippen molar-refractivity contribution in [2.75, 3.05) is 33.7 Å². The highest BCUT2D eigenvalue weighted by Gasteiger charge is 2.21. The predicted octanol–water partition coefficient (Wildman–Crippen LogP) is 2.33. The van der Waals surface area contributed by atoms with Gasteiger partial charge >= 0.3 is 0 Å². The van der Waals surface area contributed by atoms with Crippen LogP contribution in [0.1, 0.15) is 24.8 Å². The molecule has 1 fully saturated rings. The summed E-state index contributed by atoms with van der Waals surface area (Å²) in [4.78, 5) is 0. The van der Waals surface area contributed by atoms with E-state index in [9.17, 15) is 0 Å². The molecule has 3 rings (SSSR count). The van der Waals surface area contributed by atoms with Crippen LogP contribution in [0.5, 0.6) is 17.2 Å². The quantitative estimate of drug-likeness (QED) is 0.708. The Morgan fingerprint density at radius 2 is 2.19 bits per heavy atom. The van der Waals surface area contributed by atoms with Crippen molar-refractivity contribution in [3.05, 3.63) is 17.7 Å². The summed E-state index contributed by atoms with van der Waals surface area (Å²) < 4.78 is 21.7. The Labute approximate surface area is 125 Å². The first-order chi connectivity index (χ1) is 10.4. The average Bonchev–Trinajstić information content (AvgIpc) is 3.20. The molecule has 5 nitrogen and oxygen atoms in total. The molecule has 1 aliphatic carbocycles. The van der Waals surface area contributed by atoms with E-state index in [1.54, 1.807) is 7.11 Å². The van der Waals surface area contributed by atoms with Gasteiger partial charge in [-0.15, -0.1) is 0 Å². The molecule has 0 saturated heterocycles. The zero-order valence-electron chi connectivity index (χ0n) is 12.5. The molecule has 2 aliphatic rings. The van der Waals surface area contributed by atoms with Crippen molar-refractivity contribution < 1.29 is 18.9 Å². The van der Waals surface area contributed by atoms with E-state index in [0.29, 0.717) is 5.75 Å². The van der Waals surface area contributed by atoms with Gasteiger partial charge in [-0.25, -0.2) is 0 Å². The van der Waals surface area contributed by atoms with Crippen LogP contribution in [0.15, 0.2) is 12.1 Å². The number of ether oxygens (including phenoxy) is 4. The van der Waals surface area contributed by atoms with Crippen molar-refractivity contribution in [3.8, 4) is 17.2 Å². The highest BCUT2D eigenvalue weighted by Crippen LogP contribution is 2.41. The Morgan fingerprint density at radius 3 is 3.00 bits per heavy atom. The van der Waals surface area contributed by atoms with Gasteiger partial charge in [-0.3, -0.25) is 0 Å². The fourth-order valence-corrected chi connectivity index (χ4v) is 2.35. The zero-order chi connectivity index (χ0) is 14.5. The minimum absolute atomic E-state index is 0.265. The molecule has 1 aliphatic heterocycles. The normalized spacial score (nSPS) is 16.2. The summed E-state index contributed by atoms with van der Waals surface area (Å²) in [5, 5.41) is 3.42. The molecule has 1 saturated carbocycles. The number of fused-ring (bicyclic) bond motifs is 1. The van der Waals surface area contributed by atoms with Gasteiger partial charge in [0, 0.05) is 19.8 Å². The van der Waals surface area contributed by atoms with Crippen molar-refractivity contribution in [2.45, 2.75) is 25.8 Å². The third kappa shape index (κ3) is 4.02. The van der Waals surface area contributed by atoms with Crippen LogP contribution in [-0.4, -0.2) is 33.7 Å². The van der Waals surface area contributed by atoms with Crippen molar-refractivity contribution >= 4 is 0 Å². The second kappa shape index (κ2) is 7.00. The molecule has 0 bridgehead atoms. The van der Waals surface area contributed by atoms with E-state index in [4.69, 9.17) is 18.9 Å². The molecule has 0 radical (unpaired) electrons. The number of hydrogen-bond donors (Lipinski definition) is 1. The first-order valence-corrected chi connectivity index (χ1v) is 7.62. The van der Waals surface area contributed by atoms with Gasteiger partial charge in [-0.2, -0.15) is 0 Å². The summed E-state index contributed by atoms with van der Waals surface area (Å²) in [5.74, 6) is 3.04. The zero-order valence-corrected chi connectivity index (χ0v) is 12.5. The number of rotatable bonds is 9. The first-order valence-electron chi connectivity index (χ1n) is 7.62. The molecule has 21 heavy (non-hydrogen) atoms. The summed E-state index contributed by atoms with van der Waals surface area (Å²) in [7, 11) is 1.64. The number of hydrogen-bond acceptors (Lipinski definition) is 5. The van der Waals surface area contributed by atoms with Crippen LogP contribution in [-0.2, 0) is 11.3 Å². The lowest BCUT2D eigenvalue weighted by Gasteiger charge is -2.09. The summed E-state index contributed by atoms with van der Waals surface area (Å²) >= 11 is 0. The van der Waals surface area contributed by atoms with E-state index >= 15 is 0 Å². The number of benzene rings is 1. The highest BCUT2D eigenvalue weighted by molar-refractivity contribution is 5.55. The largest absolute Gasteiger partial charge is 0.493 e. The van der Waals surface area contributed by atoms with E-state index in [1.165, 1.54) is 12.8 Å². The number of methoxy groups -OCH3 is 1. The maximum Gasteiger partial charge on any atom is 0.231 e. The average molecular weight is 293 g/mol. The molecule has 0 unspecified atom stereocenters. The van der Waals surface area contributed by atoms with Crippen LogP contribution >= 0.6 is 0 Å². The monoisotopic (exact) mass is 293 g/mol. The van der Waals surface area contributed by atoms with Crippen LogP contribution < -0.4 is 19.5 Å². The van der Waals surface area contributed by atoms with Crippen LogP contribution in [0.2, 0.25) is 0 Å². The van der Waals surface area contributed by atoms with Crippen LogP contribution in [0, 0.1) is 5.92 Å². The molecule has 1 aromatic rings. The Morgan fingerprint density at radius 1 is 1.29 bits per heavy atom. The lowest BCUT2D eigenvalue weighted by Crippen LogP contribution is -2.16. The second-order valence-corrected chi connectivity index (χ2v) is 5.58. The van der Waals surface area contributed by atoms with Crippen LogP contribution in [0.25, 0.3) is 0 Å². The minimum Gasteiger partial charge on any atom is -0.493 e. The van der Waals surface area contributed by atoms with E-state index in [0.717, 1.165) is 55.7 Å². The Kier molecular flexibility index (Phi) is 4.83. The highest BCUT2D eigenvalue weighted by atomic mass is 16.7. The van der Waals surface area contributed by atoms with Gasteiger partial charge < -0.3 is 24.3 Å². The van der Waals surface area contributed by atoms with Crippen LogP contribution in [0.3, 0.4) is 0 Å². The van der Waals surface area contributed by atoms with Gasteiger partial charge in [0.1, 0.15) is 0 Å². The van der Waals surface area contributed by atoms with Crippen molar-refractivity contribution in [2.24, 2.45) is 5.92 Å². The molecule has 0 atom stereocenters. The molecule has 0 aromatic heterocycles. The first kappa shape index (κ1) is 14.5. The summed E-state index contributed by atoms with van der Waals surface area (Å²) in [5.41, 5.74) is 1.13. The lowest BCUT2D eigenvalue weighted by atomic mass is 10.2. The SMILES string of the molecule is COc1cc(CNCCCOCC2CC2)cc2c1OCO2. The summed E-state index contributed by atoms with van der Waals surface area (Å²) in [6, 6.07) is 3.99. The maximum absolute atomic E-state index is 5.61. The van der Waals surface area contributed by atoms with Crippen molar-refractivity contribution in [1.29, 1.82) is 0 Å². The molecule has 116 valence electrons. The standard InChI is InChI=1S/C16H23NO4/c1-18-14-7-13(8-15-16(14)21-11-20-15)9-17-5-2-6-19-10-12-3-4-12/h7-8,12,17H,2-6,9-11H2,1H3. The molecule has 0 amide bonds. The van der Waals surface area contributed by atoms with Crippen molar-refractivity contribution in [1.82, 2.24) is 5.32 Å². The molecule has 1 heterocycles. The molecular formula is C16H23NO4. The van der Waals surface area contributed by atoms with Crippen LogP contribution in [0.4, 0.5) is 0 Å². The smallest absolute Gasteiger partial charge is 0.231 e. The van der Waals surface area contributed by atoms with E-state index < -0.39 is 0 Å². The lowest BCUT2D eigenvalue weighted by molar-refractivity contribution is 0.122. The Bertz CT molecular complexity index is 474. The van der Waals surface area contributed by atoms with E-state index in [1.807, 2.05) is 12.1 Å². The van der Waals surface area contributed by atoms with E-state index in [-0.39, 0.29) is 6.79 Å². The summed E-state index contributed by atoms with van der Waals surface area (Å²) in [6.45, 7) is 3.78. The van der Waals surface area contributed by atoms with Gasteiger partial charge in [0.15, 0.2) is 11.5 Å². The second-order valence-electron chi connectivity index (χ2n) is 5.58. The molecule has 5 heteroatoms. The molecule has 1 N–H and O–H groups in total.